The zero-order chi connectivity index (χ0) is 39.6. The van der Waals surface area contributed by atoms with Crippen LogP contribution in [0.25, 0.3) is 0 Å². The minimum atomic E-state index is -0.731. The minimum Gasteiger partial charge on any atom is -0.490 e. The van der Waals surface area contributed by atoms with Gasteiger partial charge in [0.15, 0.2) is 11.5 Å². The highest BCUT2D eigenvalue weighted by Gasteiger charge is 2.40. The Morgan fingerprint density at radius 2 is 1.70 bits per heavy atom. The number of nitrogens with one attached hydrogen (secondary N) is 2. The highest BCUT2D eigenvalue weighted by molar-refractivity contribution is 6.31. The van der Waals surface area contributed by atoms with Crippen LogP contribution >= 0.6 is 11.6 Å². The predicted molar refractivity (Wildman–Crippen MR) is 208 cm³/mol. The number of ether oxygens (including phenoxy) is 1. The lowest BCUT2D eigenvalue weighted by Gasteiger charge is -2.40. The molecule has 1 unspecified atom stereocenters. The summed E-state index contributed by atoms with van der Waals surface area (Å²) in [7, 11) is 0. The van der Waals surface area contributed by atoms with Crippen molar-refractivity contribution in [3.05, 3.63) is 75.7 Å². The minimum absolute atomic E-state index is 0.0146. The van der Waals surface area contributed by atoms with Gasteiger partial charge in [0.05, 0.1) is 22.4 Å². The molecule has 4 aliphatic heterocycles. The Kier molecular flexibility index (Phi) is 11.3. The van der Waals surface area contributed by atoms with Gasteiger partial charge in [0, 0.05) is 76.5 Å². The van der Waals surface area contributed by atoms with Crippen LogP contribution in [-0.2, 0) is 16.1 Å². The van der Waals surface area contributed by atoms with E-state index in [4.69, 9.17) is 21.6 Å². The summed E-state index contributed by atoms with van der Waals surface area (Å²) >= 11 is 6.14. The molecule has 1 aliphatic carbocycles. The molecule has 0 bridgehead atoms. The summed E-state index contributed by atoms with van der Waals surface area (Å²) in [5.41, 5.74) is 2.09. The Balaban J connectivity index is 0.755. The van der Waals surface area contributed by atoms with E-state index in [1.807, 2.05) is 17.0 Å². The number of imide groups is 1. The van der Waals surface area contributed by atoms with Gasteiger partial charge in [-0.1, -0.05) is 11.6 Å². The Morgan fingerprint density at radius 1 is 0.930 bits per heavy atom. The molecule has 4 fully saturated rings. The molecule has 16 heteroatoms. The van der Waals surface area contributed by atoms with Gasteiger partial charge < -0.3 is 24.8 Å². The summed E-state index contributed by atoms with van der Waals surface area (Å²) in [5.74, 6) is 0.176. The van der Waals surface area contributed by atoms with Crippen LogP contribution in [0.1, 0.15) is 83.3 Å². The lowest BCUT2D eigenvalue weighted by Crippen LogP contribution is -2.52. The first-order valence-electron chi connectivity index (χ1n) is 19.8. The SMILES string of the molecule is N#Cc1ccc(OC2CCC(NC(=O)c3ccc(N4CCC(CN5CCN(c6cc7c(cc6F)CN(C6CCC(=O)NC6=O)C7=O)CC5)CC4)nn3)CC2)cc1Cl. The molecular weight excluding hydrogens is 753 g/mol. The van der Waals surface area contributed by atoms with E-state index in [1.165, 1.54) is 11.0 Å². The molecule has 2 N–H and O–H groups in total. The smallest absolute Gasteiger partial charge is 0.272 e. The topological polar surface area (TPSA) is 164 Å². The Hall–Kier alpha value is -5.33. The zero-order valence-corrected chi connectivity index (χ0v) is 32.3. The molecule has 2 aromatic carbocycles. The molecule has 3 aromatic rings. The number of rotatable bonds is 9. The molecule has 0 spiro atoms. The number of piperidine rings is 2. The highest BCUT2D eigenvalue weighted by Crippen LogP contribution is 2.34. The second kappa shape index (κ2) is 16.6. The van der Waals surface area contributed by atoms with Crippen LogP contribution in [0.3, 0.4) is 0 Å². The van der Waals surface area contributed by atoms with Crippen molar-refractivity contribution in [2.24, 2.45) is 5.92 Å². The van der Waals surface area contributed by atoms with E-state index < -0.39 is 11.9 Å². The van der Waals surface area contributed by atoms with Gasteiger partial charge in [0.2, 0.25) is 11.8 Å². The van der Waals surface area contributed by atoms with E-state index in [-0.39, 0.29) is 55.1 Å². The number of carbonyl (C=O) groups is 4. The molecule has 1 aromatic heterocycles. The second-order valence-electron chi connectivity index (χ2n) is 15.7. The van der Waals surface area contributed by atoms with Crippen LogP contribution in [0.5, 0.6) is 5.75 Å². The van der Waals surface area contributed by atoms with E-state index in [9.17, 15) is 19.2 Å². The first-order valence-corrected chi connectivity index (χ1v) is 20.2. The van der Waals surface area contributed by atoms with Crippen LogP contribution < -0.4 is 25.2 Å². The quantitative estimate of drug-likeness (QED) is 0.300. The van der Waals surface area contributed by atoms with E-state index in [0.717, 1.165) is 77.1 Å². The maximum atomic E-state index is 15.4. The average molecular weight is 798 g/mol. The fourth-order valence-corrected chi connectivity index (χ4v) is 8.96. The number of anilines is 2. The monoisotopic (exact) mass is 797 g/mol. The van der Waals surface area contributed by atoms with E-state index in [1.54, 1.807) is 30.3 Å². The van der Waals surface area contributed by atoms with Gasteiger partial charge in [0.25, 0.3) is 11.8 Å². The normalized spacial score (nSPS) is 23.2. The van der Waals surface area contributed by atoms with Crippen LogP contribution in [0.15, 0.2) is 42.5 Å². The van der Waals surface area contributed by atoms with Crippen LogP contribution in [0.4, 0.5) is 15.9 Å². The summed E-state index contributed by atoms with van der Waals surface area (Å²) in [6, 6.07) is 13.1. The number of piperazine rings is 1. The molecule has 298 valence electrons. The summed E-state index contributed by atoms with van der Waals surface area (Å²) in [4.78, 5) is 58.4. The fraction of sp³-hybridized carbons (Fsp3) is 0.488. The summed E-state index contributed by atoms with van der Waals surface area (Å²) < 4.78 is 21.5. The Labute approximate surface area is 335 Å². The van der Waals surface area contributed by atoms with Gasteiger partial charge in [-0.2, -0.15) is 5.26 Å². The molecule has 14 nitrogen and oxygen atoms in total. The van der Waals surface area contributed by atoms with Crippen molar-refractivity contribution in [2.45, 2.75) is 76.1 Å². The fourth-order valence-electron chi connectivity index (χ4n) is 8.75. The lowest BCUT2D eigenvalue weighted by atomic mass is 9.93. The van der Waals surface area contributed by atoms with Crippen LogP contribution in [-0.4, -0.2) is 108 Å². The Bertz CT molecular complexity index is 2070. The van der Waals surface area contributed by atoms with Crippen molar-refractivity contribution in [3.63, 3.8) is 0 Å². The number of carbonyl (C=O) groups excluding carboxylic acids is 4. The summed E-state index contributed by atoms with van der Waals surface area (Å²) in [5, 5.41) is 23.5. The van der Waals surface area contributed by atoms with E-state index in [2.05, 4.69) is 30.6 Å². The van der Waals surface area contributed by atoms with Gasteiger partial charge in [0.1, 0.15) is 23.7 Å². The second-order valence-corrected chi connectivity index (χ2v) is 16.1. The molecule has 3 saturated heterocycles. The van der Waals surface area contributed by atoms with Gasteiger partial charge >= 0.3 is 0 Å². The molecule has 1 saturated carbocycles. The van der Waals surface area contributed by atoms with Crippen LogP contribution in [0.2, 0.25) is 5.02 Å². The number of nitriles is 1. The Morgan fingerprint density at radius 3 is 2.39 bits per heavy atom. The number of amides is 4. The van der Waals surface area contributed by atoms with Crippen molar-refractivity contribution < 1.29 is 28.3 Å². The third-order valence-electron chi connectivity index (χ3n) is 12.0. The van der Waals surface area contributed by atoms with Crippen molar-refractivity contribution in [1.29, 1.82) is 5.26 Å². The van der Waals surface area contributed by atoms with Crippen molar-refractivity contribution >= 4 is 46.7 Å². The predicted octanol–water partition coefficient (Wildman–Crippen LogP) is 4.06. The standard InChI is InChI=1S/C41H45ClFN9O5/c42-32-20-30(4-1-26(32)22-44)57-29-5-2-28(3-6-29)45-39(54)34-7-9-37(48-47-34)51-13-11-25(12-14-51)23-49-15-17-50(18-16-49)36-21-31-27(19-33(36)43)24-52(41(31)56)35-8-10-38(53)46-40(35)55/h1,4,7,9,19-21,25,28-29,35H,2-3,5-6,8,10-18,23-24H2,(H,45,54)(H,46,53,55). The molecule has 8 rings (SSSR count). The lowest BCUT2D eigenvalue weighted by molar-refractivity contribution is -0.136. The molecule has 57 heavy (non-hydrogen) atoms. The zero-order valence-electron chi connectivity index (χ0n) is 31.6. The maximum absolute atomic E-state index is 15.4. The van der Waals surface area contributed by atoms with Gasteiger partial charge in [-0.05, 0) is 92.8 Å². The summed E-state index contributed by atoms with van der Waals surface area (Å²) in [6.07, 6.45) is 5.58. The number of benzene rings is 2. The average Bonchev–Trinajstić information content (AvgIpc) is 3.53. The largest absolute Gasteiger partial charge is 0.490 e. The summed E-state index contributed by atoms with van der Waals surface area (Å²) in [6.45, 7) is 5.64. The van der Waals surface area contributed by atoms with Gasteiger partial charge in [-0.3, -0.25) is 29.4 Å². The number of hydrogen-bond donors (Lipinski definition) is 2. The first-order chi connectivity index (χ1) is 27.6. The third-order valence-corrected chi connectivity index (χ3v) is 12.3. The van der Waals surface area contributed by atoms with Crippen molar-refractivity contribution in [2.75, 3.05) is 55.6 Å². The third kappa shape index (κ3) is 8.52. The molecular formula is C41H45ClFN9O5. The molecule has 0 radical (unpaired) electrons. The highest BCUT2D eigenvalue weighted by atomic mass is 35.5. The van der Waals surface area contributed by atoms with Crippen LogP contribution in [0, 0.1) is 23.1 Å². The van der Waals surface area contributed by atoms with E-state index >= 15 is 4.39 Å². The number of fused-ring (bicyclic) bond motifs is 1. The molecule has 5 heterocycles. The number of aromatic nitrogens is 2. The molecule has 4 amide bonds. The van der Waals surface area contributed by atoms with E-state index in [0.29, 0.717) is 57.9 Å². The number of nitrogens with zero attached hydrogens (tertiary/aromatic N) is 7. The first kappa shape index (κ1) is 38.5. The number of hydrogen-bond acceptors (Lipinski definition) is 11. The van der Waals surface area contributed by atoms with Crippen molar-refractivity contribution in [3.8, 4) is 11.8 Å². The molecule has 1 atom stereocenters. The van der Waals surface area contributed by atoms with Gasteiger partial charge in [-0.15, -0.1) is 10.2 Å². The van der Waals surface area contributed by atoms with Gasteiger partial charge in [-0.25, -0.2) is 4.39 Å². The number of halogens is 2. The molecule has 5 aliphatic rings. The maximum Gasteiger partial charge on any atom is 0.272 e. The van der Waals surface area contributed by atoms with Crippen molar-refractivity contribution in [1.82, 2.24) is 30.6 Å².